The number of H-pyrrole nitrogens is 2. The van der Waals surface area contributed by atoms with Crippen LogP contribution in [0.1, 0.15) is 139 Å². The summed E-state index contributed by atoms with van der Waals surface area (Å²) in [6, 6.07) is 49.3. The Hall–Kier alpha value is -16.5. The maximum Gasteiger partial charge on any atom is 1.00 e. The van der Waals surface area contributed by atoms with Gasteiger partial charge in [0.2, 0.25) is 5.91 Å². The van der Waals surface area contributed by atoms with E-state index in [1.165, 1.54) is 76.6 Å². The molecular weight excluding hydrogens is 2000 g/mol. The molecule has 1 radical (unpaired) electrons. The third-order valence-electron chi connectivity index (χ3n) is 21.3. The number of aromatic nitrogens is 13. The number of pyridine rings is 5. The summed E-state index contributed by atoms with van der Waals surface area (Å²) < 4.78 is 40.6. The van der Waals surface area contributed by atoms with Gasteiger partial charge in [-0.1, -0.05) is 72.8 Å². The second kappa shape index (κ2) is 46.7. The van der Waals surface area contributed by atoms with E-state index in [9.17, 15) is 63.3 Å². The van der Waals surface area contributed by atoms with Crippen molar-refractivity contribution in [2.75, 3.05) is 66.4 Å². The van der Waals surface area contributed by atoms with Crippen molar-refractivity contribution in [1.29, 1.82) is 23.7 Å². The van der Waals surface area contributed by atoms with E-state index in [2.05, 4.69) is 50.7 Å². The van der Waals surface area contributed by atoms with Gasteiger partial charge in [0, 0.05) is 174 Å². The van der Waals surface area contributed by atoms with Crippen LogP contribution in [0.5, 0.6) is 11.5 Å². The molecule has 13 heterocycles. The fraction of sp³-hybridized carbons (Fsp3) is 0.276. The zero-order valence-electron chi connectivity index (χ0n) is 81.2. The van der Waals surface area contributed by atoms with Crippen LogP contribution in [0.2, 0.25) is 0 Å². The average Bonchev–Trinajstić information content (AvgIpc) is 1.63. The van der Waals surface area contributed by atoms with Crippen molar-refractivity contribution in [2.24, 2.45) is 0 Å². The van der Waals surface area contributed by atoms with E-state index in [0.717, 1.165) is 52.5 Å². The molecule has 39 nitrogen and oxygen atoms in total. The number of rotatable bonds is 14. The molecule has 9 aromatic heterocycles. The number of nitriles is 4. The number of ether oxygens (including phenoxy) is 4. The van der Waals surface area contributed by atoms with E-state index in [1.54, 1.807) is 81.4 Å². The number of aromatic amines is 2. The summed E-state index contributed by atoms with van der Waals surface area (Å²) >= 11 is 0. The molecule has 709 valence electrons. The molecule has 0 atom stereocenters. The van der Waals surface area contributed by atoms with Gasteiger partial charge < -0.3 is 64.3 Å². The third kappa shape index (κ3) is 25.2. The van der Waals surface area contributed by atoms with Gasteiger partial charge in [0.05, 0.1) is 87.0 Å². The number of aryl methyl sites for hydroxylation is 2. The van der Waals surface area contributed by atoms with Gasteiger partial charge in [-0.25, -0.2) is 43.7 Å². The van der Waals surface area contributed by atoms with Gasteiger partial charge in [0.1, 0.15) is 88.3 Å². The van der Waals surface area contributed by atoms with Gasteiger partial charge in [0.15, 0.2) is 17.4 Å². The minimum atomic E-state index is -1.54. The second-order valence-corrected chi connectivity index (χ2v) is 33.5. The summed E-state index contributed by atoms with van der Waals surface area (Å²) in [5, 5.41) is 60.2. The van der Waals surface area contributed by atoms with Crippen molar-refractivity contribution in [3.8, 4) is 64.5 Å². The first-order valence-electron chi connectivity index (χ1n) is 44.2. The smallest absolute Gasteiger partial charge is 0.494 e. The van der Waals surface area contributed by atoms with Crippen molar-refractivity contribution < 1.29 is 95.0 Å². The first-order chi connectivity index (χ1) is 67.0. The number of carboxylic acid groups (broad SMARTS) is 1. The molecule has 4 aliphatic heterocycles. The number of fused-ring (bicyclic) bond motifs is 5. The molecule has 13 aromatic rings. The molecule has 0 spiro atoms. The Morgan fingerprint density at radius 2 is 0.957 bits per heavy atom. The molecule has 139 heavy (non-hydrogen) atoms. The number of aliphatic carboxylic acids is 1. The van der Waals surface area contributed by atoms with Crippen LogP contribution in [0, 0.1) is 90.3 Å². The number of Topliss-reactive ketones (excluding diaryl/α,β-unsaturated/α-hetero) is 3. The molecule has 17 rings (SSSR count). The van der Waals surface area contributed by atoms with Crippen LogP contribution >= 0.6 is 0 Å². The Morgan fingerprint density at radius 1 is 0.561 bits per heavy atom. The van der Waals surface area contributed by atoms with E-state index in [0.29, 0.717) is 139 Å². The molecule has 0 bridgehead atoms. The summed E-state index contributed by atoms with van der Waals surface area (Å²) in [4.78, 5) is 164. The number of para-hydroxylation sites is 4. The molecular formula is C98H100BN23O16U+. The van der Waals surface area contributed by atoms with Crippen molar-refractivity contribution in [3.63, 3.8) is 0 Å². The predicted octanol–water partition coefficient (Wildman–Crippen LogP) is 9.71. The average molecular weight is 2110 g/mol. The van der Waals surface area contributed by atoms with Crippen LogP contribution in [-0.4, -0.2) is 218 Å². The number of carbonyl (C=O) groups excluding carboxylic acids is 7. The molecule has 1 fully saturated rings. The maximum atomic E-state index is 13.6. The number of hydrogen-bond donors (Lipinski definition) is 5. The van der Waals surface area contributed by atoms with Gasteiger partial charge in [-0.3, -0.25) is 52.1 Å². The molecule has 4 amide bonds. The zero-order chi connectivity index (χ0) is 101. The van der Waals surface area contributed by atoms with Crippen LogP contribution in [-0.2, 0) is 67.5 Å². The quantitative estimate of drug-likeness (QED) is 0.0292. The fourth-order valence-electron chi connectivity index (χ4n) is 15.3. The summed E-state index contributed by atoms with van der Waals surface area (Å²) in [7, 11) is 7.08. The number of carboxylic acids is 1. The number of nitrogens with one attached hydrogen (secondary N) is 4. The third-order valence-corrected chi connectivity index (χ3v) is 21.3. The molecule has 41 heteroatoms. The van der Waals surface area contributed by atoms with E-state index in [-0.39, 0.29) is 115 Å². The van der Waals surface area contributed by atoms with Crippen molar-refractivity contribution in [3.05, 3.63) is 293 Å². The molecule has 0 saturated carbocycles. The number of carbonyl (C=O) groups is 8. The summed E-state index contributed by atoms with van der Waals surface area (Å²) in [5.74, 6) is -1.67. The molecule has 0 aliphatic carbocycles. The van der Waals surface area contributed by atoms with Crippen LogP contribution in [0.3, 0.4) is 0 Å². The van der Waals surface area contributed by atoms with Gasteiger partial charge in [-0.2, -0.15) is 31.2 Å². The number of methoxy groups -OCH3 is 2. The van der Waals surface area contributed by atoms with Crippen LogP contribution in [0.4, 0.5) is 15.3 Å². The first-order valence-corrected chi connectivity index (χ1v) is 43.0. The van der Waals surface area contributed by atoms with Crippen molar-refractivity contribution >= 4 is 83.2 Å². The topological polar surface area (TPSA) is 511 Å². The van der Waals surface area contributed by atoms with Crippen molar-refractivity contribution in [2.45, 2.75) is 118 Å². The first kappa shape index (κ1) is 101. The van der Waals surface area contributed by atoms with E-state index in [1.807, 2.05) is 176 Å². The monoisotopic (exact) mass is 2110 g/mol. The molecule has 4 aromatic carbocycles. The number of piperidine rings is 1. The van der Waals surface area contributed by atoms with Crippen molar-refractivity contribution in [1.82, 2.24) is 88.1 Å². The largest absolute Gasteiger partial charge is 1.00 e. The number of hydrogen-bond acceptors (Lipinski definition) is 27. The summed E-state index contributed by atoms with van der Waals surface area (Å²) in [6.07, 6.45) is 11.5. The normalized spacial score (nSPS) is 13.1. The Kier molecular flexibility index (Phi) is 34.1. The molecule has 0 unspecified atom stereocenters. The molecule has 5 N–H and O–H groups in total. The van der Waals surface area contributed by atoms with Crippen LogP contribution in [0.15, 0.2) is 203 Å². The van der Waals surface area contributed by atoms with Crippen LogP contribution < -0.4 is 36.8 Å². The number of likely N-dealkylation sites (tertiary alicyclic amines) is 1. The Morgan fingerprint density at radius 3 is 1.35 bits per heavy atom. The van der Waals surface area contributed by atoms with Gasteiger partial charge in [-0.15, -0.1) is 0 Å². The summed E-state index contributed by atoms with van der Waals surface area (Å²) in [6.45, 7) is 17.8. The van der Waals surface area contributed by atoms with E-state index >= 15 is 0 Å². The van der Waals surface area contributed by atoms with Gasteiger partial charge in [0.25, 0.3) is 34.2 Å². The van der Waals surface area contributed by atoms with E-state index < -0.39 is 40.2 Å². The molecule has 4 aliphatic rings. The Labute approximate surface area is 827 Å². The van der Waals surface area contributed by atoms with Gasteiger partial charge >= 0.3 is 19.6 Å². The SMILES string of the molecule is CC(C)(C)OC(=O)N1CCc2c(cc(C#N)c(=O)n2-c2ccccc2)C1.CN(C)/C=C1/CN(C(=O)OC(C)(C)C)CCC1=O.COc1cnc(-n2cnc(C)n2)c2[nH]cc(C(=O)C(=O)N3CCc4c(cc(C#N)c(=O)n4-c4ccccc4)C3)c12.COc1cnc(-n2cnc(C)n2)c2[nH]cc(C(=O)C(=O)O)c12.N#CCC(=O)Nc1ccccc1.N#Cc1cc2c(n(-c3ccccc3)c1=O)CCNC2.[3H][B][3H].[H+].[U]. The number of ketones is 3. The number of benzene rings is 4. The van der Waals surface area contributed by atoms with Crippen LogP contribution in [0.25, 0.3) is 50.5 Å². The fourth-order valence-corrected chi connectivity index (χ4v) is 15.3. The Bertz CT molecular complexity index is 7230. The standard InChI is InChI=1S/C28H22N8O4.C20H21N3O3.C15H13N3O.C13H11N5O4.C13H22N2O3.C9H8N2O.BH2.U/c1-16-32-15-35(33-16)26-24-23(22(40-2)13-31-26)20(12-30-24)25(37)28(39)34-9-8-21-18(14-34)10-17(11-29)27(38)36(21)19-6-4-3-5-7-19;1-20(2,3)26-19(25)22-10-9-17-15(13-22)11-14(12-21)18(24)23(17)16-7-5-4-6-8-16;16-9-11-8-12-10-17-7-6-14(12)18(15(11)19)13-4-2-1-3-5-13;1-6-16-5-18(17-6)12-10-9(8(22-2)4-15-12)7(3-14-10)11(19)13(20)21;1-13(2,3)18-12(17)15-7-6-11(16)10(9-15)8-14(4)5;10-7-6-9(12)11-8-4-2-1-3-5-8;;/h3-7,10,12-13,15,30H,8-9,14H2,1-2H3;4-8,11H,9-10,13H2,1-3H3;1-5,8,17H,6-7,10H2;3-5,14H,1-2H3,(H,20,21);8H,6-7,9H2,1-5H3;1-5H,6H2,(H,11,12);1H2;/p+1/b;;;;10-8-;;;/i;;;;;;1T2;. The van der Waals surface area contributed by atoms with Gasteiger partial charge in [-0.05, 0) is 141 Å². The number of amides is 4. The Balaban J connectivity index is 0.000000196. The minimum absolute atomic E-state index is 0. The second-order valence-electron chi connectivity index (χ2n) is 33.5. The predicted molar refractivity (Wildman–Crippen MR) is 510 cm³/mol. The summed E-state index contributed by atoms with van der Waals surface area (Å²) in [5.41, 5.74) is 7.78. The zero-order valence-corrected chi connectivity index (χ0v) is 82.3. The molecule has 1 saturated heterocycles. The number of anilines is 1. The minimum Gasteiger partial charge on any atom is -0.494 e. The number of nitrogens with zero attached hydrogens (tertiary/aromatic N) is 19. The maximum absolute atomic E-state index is 13.6. The van der Waals surface area contributed by atoms with E-state index in [4.69, 9.17) is 37.2 Å².